The molecule has 0 saturated heterocycles. The number of hydrogen-bond donors (Lipinski definition) is 1. The molecule has 1 aliphatic rings. The third kappa shape index (κ3) is 1.77. The summed E-state index contributed by atoms with van der Waals surface area (Å²) in [7, 11) is 0. The van der Waals surface area contributed by atoms with Gasteiger partial charge in [-0.25, -0.2) is 0 Å². The highest BCUT2D eigenvalue weighted by atomic mass is 16.5. The Kier molecular flexibility index (Phi) is 2.86. The second kappa shape index (κ2) is 4.16. The Hall–Kier alpha value is -1.51. The van der Waals surface area contributed by atoms with Gasteiger partial charge in [0.2, 0.25) is 0 Å². The molecule has 3 heteroatoms. The molecule has 2 atom stereocenters. The first-order chi connectivity index (χ1) is 7.63. The summed E-state index contributed by atoms with van der Waals surface area (Å²) in [6.07, 6.45) is 1.23. The first kappa shape index (κ1) is 11.0. The summed E-state index contributed by atoms with van der Waals surface area (Å²) >= 11 is 0. The number of carboxylic acids is 1. The van der Waals surface area contributed by atoms with Gasteiger partial charge in [-0.2, -0.15) is 0 Å². The van der Waals surface area contributed by atoms with Crippen molar-refractivity contribution < 1.29 is 14.6 Å². The van der Waals surface area contributed by atoms with Gasteiger partial charge in [0.1, 0.15) is 11.9 Å². The second-order valence-corrected chi connectivity index (χ2v) is 4.23. The topological polar surface area (TPSA) is 46.5 Å². The molecule has 86 valence electrons. The monoisotopic (exact) mass is 220 g/mol. The van der Waals surface area contributed by atoms with Crippen LogP contribution in [-0.2, 0) is 17.6 Å². The molecule has 0 aromatic heterocycles. The zero-order valence-corrected chi connectivity index (χ0v) is 9.56. The molecule has 0 saturated carbocycles. The molecular formula is C13H16O3. The molecule has 3 nitrogen and oxygen atoms in total. The molecule has 1 heterocycles. The van der Waals surface area contributed by atoms with Crippen LogP contribution >= 0.6 is 0 Å². The molecule has 0 spiro atoms. The maximum Gasteiger partial charge on any atom is 0.310 e. The summed E-state index contributed by atoms with van der Waals surface area (Å²) in [4.78, 5) is 11.0. The van der Waals surface area contributed by atoms with Gasteiger partial charge < -0.3 is 9.84 Å². The number of carboxylic acid groups (broad SMARTS) is 1. The van der Waals surface area contributed by atoms with Gasteiger partial charge in [-0.05, 0) is 30.9 Å². The molecule has 1 aromatic carbocycles. The van der Waals surface area contributed by atoms with Gasteiger partial charge in [0, 0.05) is 0 Å². The van der Waals surface area contributed by atoms with Crippen molar-refractivity contribution in [3.63, 3.8) is 0 Å². The Bertz CT molecular complexity index is 412. The van der Waals surface area contributed by atoms with E-state index in [1.807, 2.05) is 25.1 Å². The molecule has 0 amide bonds. The molecule has 0 fully saturated rings. The van der Waals surface area contributed by atoms with Crippen LogP contribution in [0.2, 0.25) is 0 Å². The normalized spacial score (nSPS) is 23.4. The van der Waals surface area contributed by atoms with Gasteiger partial charge in [0.15, 0.2) is 0 Å². The van der Waals surface area contributed by atoms with Crippen LogP contribution in [0.3, 0.4) is 0 Å². The van der Waals surface area contributed by atoms with Crippen LogP contribution in [0.5, 0.6) is 5.75 Å². The van der Waals surface area contributed by atoms with Crippen LogP contribution < -0.4 is 4.74 Å². The molecule has 0 aliphatic carbocycles. The van der Waals surface area contributed by atoms with Crippen molar-refractivity contribution in [2.75, 3.05) is 0 Å². The third-order valence-electron chi connectivity index (χ3n) is 3.19. The number of fused-ring (bicyclic) bond motifs is 1. The Morgan fingerprint density at radius 2 is 2.31 bits per heavy atom. The van der Waals surface area contributed by atoms with E-state index >= 15 is 0 Å². The average molecular weight is 220 g/mol. The fourth-order valence-corrected chi connectivity index (χ4v) is 2.19. The van der Waals surface area contributed by atoms with Gasteiger partial charge in [0.05, 0.1) is 5.92 Å². The molecule has 16 heavy (non-hydrogen) atoms. The quantitative estimate of drug-likeness (QED) is 0.831. The first-order valence-electron chi connectivity index (χ1n) is 5.63. The summed E-state index contributed by atoms with van der Waals surface area (Å²) < 4.78 is 5.75. The van der Waals surface area contributed by atoms with Crippen molar-refractivity contribution in [2.24, 2.45) is 5.92 Å². The minimum atomic E-state index is -0.778. The lowest BCUT2D eigenvalue weighted by atomic mass is 9.90. The van der Waals surface area contributed by atoms with Crippen molar-refractivity contribution >= 4 is 5.97 Å². The van der Waals surface area contributed by atoms with E-state index in [4.69, 9.17) is 9.84 Å². The van der Waals surface area contributed by atoms with Crippen molar-refractivity contribution in [1.82, 2.24) is 0 Å². The van der Waals surface area contributed by atoms with Gasteiger partial charge >= 0.3 is 5.97 Å². The number of benzene rings is 1. The SMILES string of the molecule is CCc1cccc2c1OC(C)C(C(=O)O)C2. The van der Waals surface area contributed by atoms with E-state index in [0.29, 0.717) is 6.42 Å². The molecule has 1 aromatic rings. The van der Waals surface area contributed by atoms with Crippen molar-refractivity contribution in [3.05, 3.63) is 29.3 Å². The van der Waals surface area contributed by atoms with E-state index in [2.05, 4.69) is 6.92 Å². The molecule has 2 unspecified atom stereocenters. The largest absolute Gasteiger partial charge is 0.489 e. The van der Waals surface area contributed by atoms with Crippen molar-refractivity contribution in [3.8, 4) is 5.75 Å². The lowest BCUT2D eigenvalue weighted by Gasteiger charge is -2.30. The minimum Gasteiger partial charge on any atom is -0.489 e. The van der Waals surface area contributed by atoms with Gasteiger partial charge in [0.25, 0.3) is 0 Å². The fraction of sp³-hybridized carbons (Fsp3) is 0.462. The smallest absolute Gasteiger partial charge is 0.310 e. The van der Waals surface area contributed by atoms with E-state index in [1.165, 1.54) is 0 Å². The molecule has 1 N–H and O–H groups in total. The Morgan fingerprint density at radius 3 is 2.94 bits per heavy atom. The van der Waals surface area contributed by atoms with E-state index in [9.17, 15) is 4.79 Å². The lowest BCUT2D eigenvalue weighted by Crippen LogP contribution is -2.36. The number of aliphatic carboxylic acids is 1. The van der Waals surface area contributed by atoms with Crippen LogP contribution in [0.25, 0.3) is 0 Å². The molecule has 2 rings (SSSR count). The van der Waals surface area contributed by atoms with Crippen LogP contribution in [0.1, 0.15) is 25.0 Å². The summed E-state index contributed by atoms with van der Waals surface area (Å²) in [5.41, 5.74) is 2.18. The maximum absolute atomic E-state index is 11.0. The van der Waals surface area contributed by atoms with Crippen LogP contribution in [0.4, 0.5) is 0 Å². The Balaban J connectivity index is 2.38. The zero-order valence-electron chi connectivity index (χ0n) is 9.56. The van der Waals surface area contributed by atoms with E-state index in [-0.39, 0.29) is 6.10 Å². The zero-order chi connectivity index (χ0) is 11.7. The van der Waals surface area contributed by atoms with E-state index in [1.54, 1.807) is 0 Å². The van der Waals surface area contributed by atoms with Crippen LogP contribution in [-0.4, -0.2) is 17.2 Å². The highest BCUT2D eigenvalue weighted by Crippen LogP contribution is 2.34. The number of aryl methyl sites for hydroxylation is 1. The van der Waals surface area contributed by atoms with E-state index < -0.39 is 11.9 Å². The van der Waals surface area contributed by atoms with Gasteiger partial charge in [-0.15, -0.1) is 0 Å². The van der Waals surface area contributed by atoms with Gasteiger partial charge in [-0.3, -0.25) is 4.79 Å². The molecule has 1 aliphatic heterocycles. The van der Waals surface area contributed by atoms with E-state index in [0.717, 1.165) is 23.3 Å². The van der Waals surface area contributed by atoms with Crippen LogP contribution in [0.15, 0.2) is 18.2 Å². The van der Waals surface area contributed by atoms with Crippen LogP contribution in [0, 0.1) is 5.92 Å². The first-order valence-corrected chi connectivity index (χ1v) is 5.63. The fourth-order valence-electron chi connectivity index (χ4n) is 2.19. The summed E-state index contributed by atoms with van der Waals surface area (Å²) in [5, 5.41) is 9.08. The summed E-state index contributed by atoms with van der Waals surface area (Å²) in [6.45, 7) is 3.90. The molecule has 0 radical (unpaired) electrons. The Morgan fingerprint density at radius 1 is 1.56 bits per heavy atom. The highest BCUT2D eigenvalue weighted by molar-refractivity contribution is 5.72. The minimum absolute atomic E-state index is 0.252. The Labute approximate surface area is 95.0 Å². The highest BCUT2D eigenvalue weighted by Gasteiger charge is 2.32. The summed E-state index contributed by atoms with van der Waals surface area (Å²) in [5.74, 6) is -0.311. The van der Waals surface area contributed by atoms with Crippen molar-refractivity contribution in [2.45, 2.75) is 32.8 Å². The number of hydrogen-bond acceptors (Lipinski definition) is 2. The second-order valence-electron chi connectivity index (χ2n) is 4.23. The number of carbonyl (C=O) groups is 1. The third-order valence-corrected chi connectivity index (χ3v) is 3.19. The molecular weight excluding hydrogens is 204 g/mol. The lowest BCUT2D eigenvalue weighted by molar-refractivity contribution is -0.145. The van der Waals surface area contributed by atoms with Crippen molar-refractivity contribution in [1.29, 1.82) is 0 Å². The predicted octanol–water partition coefficient (Wildman–Crippen LogP) is 2.27. The maximum atomic E-state index is 11.0. The summed E-state index contributed by atoms with van der Waals surface area (Å²) in [6, 6.07) is 5.96. The number of rotatable bonds is 2. The number of ether oxygens (including phenoxy) is 1. The van der Waals surface area contributed by atoms with Gasteiger partial charge in [-0.1, -0.05) is 25.1 Å². The average Bonchev–Trinajstić information content (AvgIpc) is 2.27. The predicted molar refractivity (Wildman–Crippen MR) is 60.7 cm³/mol. The number of para-hydroxylation sites is 1. The standard InChI is InChI=1S/C13H16O3/c1-3-9-5-4-6-10-7-11(13(14)15)8(2)16-12(9)10/h4-6,8,11H,3,7H2,1-2H3,(H,14,15). The molecule has 0 bridgehead atoms.